The van der Waals surface area contributed by atoms with Crippen molar-refractivity contribution in [3.8, 4) is 44.5 Å². The third-order valence-electron chi connectivity index (χ3n) is 13.8. The second kappa shape index (κ2) is 10.6. The van der Waals surface area contributed by atoms with Gasteiger partial charge in [-0.2, -0.15) is 0 Å². The number of nitrogens with zero attached hydrogens (tertiary/aromatic N) is 1. The Hall–Kier alpha value is -7.10. The van der Waals surface area contributed by atoms with Crippen LogP contribution in [0.4, 0.5) is 0 Å². The SMILES string of the molecule is CC1(C)c2ccccc2-c2c1c(-c1cccc3c1[nH]c1cc4ccccc4cc13)c1c3c2c2cc(-c4ccccc4)cc4c5cc(-c6ccccc6)cc(c5n3c42)[B]1. The van der Waals surface area contributed by atoms with E-state index in [1.54, 1.807) is 0 Å². The normalized spacial score (nSPS) is 14.0. The van der Waals surface area contributed by atoms with Gasteiger partial charge in [0.05, 0.1) is 11.0 Å². The Labute approximate surface area is 335 Å². The van der Waals surface area contributed by atoms with Gasteiger partial charge in [-0.05, 0) is 96.6 Å². The second-order valence-corrected chi connectivity index (χ2v) is 17.1. The minimum absolute atomic E-state index is 0.252. The van der Waals surface area contributed by atoms with E-state index in [1.165, 1.54) is 137 Å². The maximum Gasteiger partial charge on any atom is 0.197 e. The Morgan fingerprint density at radius 1 is 0.483 bits per heavy atom. The van der Waals surface area contributed by atoms with Gasteiger partial charge in [-0.3, -0.25) is 0 Å². The van der Waals surface area contributed by atoms with E-state index < -0.39 is 0 Å². The first-order valence-corrected chi connectivity index (χ1v) is 20.4. The predicted molar refractivity (Wildman–Crippen MR) is 247 cm³/mol. The summed E-state index contributed by atoms with van der Waals surface area (Å²) in [6.45, 7) is 4.90. The fraction of sp³-hybridized carbons (Fsp3) is 0.0545. The molecule has 2 aliphatic rings. The van der Waals surface area contributed by atoms with Crippen molar-refractivity contribution in [2.75, 3.05) is 0 Å². The lowest BCUT2D eigenvalue weighted by atomic mass is 9.57. The molecule has 0 saturated carbocycles. The van der Waals surface area contributed by atoms with Crippen LogP contribution in [0.15, 0.2) is 164 Å². The van der Waals surface area contributed by atoms with Crippen molar-refractivity contribution in [1.82, 2.24) is 9.38 Å². The fourth-order valence-electron chi connectivity index (χ4n) is 11.3. The Balaban J connectivity index is 1.21. The van der Waals surface area contributed by atoms with E-state index in [1.807, 2.05) is 0 Å². The molecule has 0 spiro atoms. The van der Waals surface area contributed by atoms with Crippen molar-refractivity contribution in [3.63, 3.8) is 0 Å². The Kier molecular flexibility index (Phi) is 5.70. The van der Waals surface area contributed by atoms with Crippen molar-refractivity contribution in [1.29, 1.82) is 0 Å². The molecule has 14 rings (SSSR count). The van der Waals surface area contributed by atoms with Crippen LogP contribution in [0.3, 0.4) is 0 Å². The zero-order valence-corrected chi connectivity index (χ0v) is 32.1. The Morgan fingerprint density at radius 3 is 1.90 bits per heavy atom. The smallest absolute Gasteiger partial charge is 0.197 e. The first kappa shape index (κ1) is 31.0. The minimum atomic E-state index is -0.252. The molecule has 4 heterocycles. The van der Waals surface area contributed by atoms with E-state index in [2.05, 4.69) is 194 Å². The van der Waals surface area contributed by atoms with Gasteiger partial charge in [-0.1, -0.05) is 153 Å². The zero-order chi connectivity index (χ0) is 38.0. The van der Waals surface area contributed by atoms with Gasteiger partial charge in [0.1, 0.15) is 0 Å². The maximum absolute atomic E-state index is 4.00. The minimum Gasteiger partial charge on any atom is -0.354 e. The molecule has 1 N–H and O–H groups in total. The number of hydrogen-bond acceptors (Lipinski definition) is 0. The summed E-state index contributed by atoms with van der Waals surface area (Å²) < 4.78 is 2.65. The number of para-hydroxylation sites is 1. The number of aromatic nitrogens is 2. The molecule has 0 saturated heterocycles. The van der Waals surface area contributed by atoms with Crippen LogP contribution in [-0.4, -0.2) is 16.7 Å². The summed E-state index contributed by atoms with van der Waals surface area (Å²) in [5.41, 5.74) is 21.7. The van der Waals surface area contributed by atoms with Gasteiger partial charge in [0.15, 0.2) is 7.28 Å². The number of nitrogens with one attached hydrogen (secondary N) is 1. The summed E-state index contributed by atoms with van der Waals surface area (Å²) in [7, 11) is 2.54. The average Bonchev–Trinajstić information content (AvgIpc) is 3.98. The molecule has 2 nitrogen and oxygen atoms in total. The van der Waals surface area contributed by atoms with Crippen molar-refractivity contribution < 1.29 is 0 Å². The van der Waals surface area contributed by atoms with E-state index in [9.17, 15) is 0 Å². The summed E-state index contributed by atoms with van der Waals surface area (Å²) in [5.74, 6) is 0. The number of hydrogen-bond donors (Lipinski definition) is 1. The number of H-pyrrole nitrogens is 1. The van der Waals surface area contributed by atoms with Crippen LogP contribution >= 0.6 is 0 Å². The maximum atomic E-state index is 4.00. The summed E-state index contributed by atoms with van der Waals surface area (Å²) in [5, 5.41) is 10.4. The van der Waals surface area contributed by atoms with Crippen molar-refractivity contribution in [3.05, 3.63) is 175 Å². The molecule has 0 amide bonds. The third kappa shape index (κ3) is 3.75. The number of aromatic amines is 1. The summed E-state index contributed by atoms with van der Waals surface area (Å²) in [4.78, 5) is 4.00. The van der Waals surface area contributed by atoms with Crippen LogP contribution < -0.4 is 10.9 Å². The van der Waals surface area contributed by atoms with E-state index in [-0.39, 0.29) is 5.41 Å². The highest BCUT2D eigenvalue weighted by atomic mass is 14.9. The van der Waals surface area contributed by atoms with Crippen LogP contribution in [0.2, 0.25) is 0 Å². The average molecular weight is 734 g/mol. The molecule has 1 aliphatic heterocycles. The number of fused-ring (bicyclic) bond motifs is 10. The lowest BCUT2D eigenvalue weighted by Crippen LogP contribution is -2.36. The summed E-state index contributed by atoms with van der Waals surface area (Å²) in [6.07, 6.45) is 0. The Bertz CT molecular complexity index is 3770. The van der Waals surface area contributed by atoms with Gasteiger partial charge in [-0.15, -0.1) is 0 Å². The van der Waals surface area contributed by atoms with Gasteiger partial charge >= 0.3 is 0 Å². The van der Waals surface area contributed by atoms with Crippen molar-refractivity contribution in [2.45, 2.75) is 19.3 Å². The molecule has 0 unspecified atom stereocenters. The Morgan fingerprint density at radius 2 is 1.12 bits per heavy atom. The molecule has 1 radical (unpaired) electrons. The molecule has 58 heavy (non-hydrogen) atoms. The van der Waals surface area contributed by atoms with Crippen molar-refractivity contribution >= 4 is 88.9 Å². The largest absolute Gasteiger partial charge is 0.354 e. The number of rotatable bonds is 3. The molecular formula is C55H34BN2. The zero-order valence-electron chi connectivity index (χ0n) is 32.1. The van der Waals surface area contributed by atoms with E-state index in [0.29, 0.717) is 0 Å². The lowest BCUT2D eigenvalue weighted by Gasteiger charge is -2.29. The predicted octanol–water partition coefficient (Wildman–Crippen LogP) is 12.9. The summed E-state index contributed by atoms with van der Waals surface area (Å²) in [6, 6.07) is 61.2. The highest BCUT2D eigenvalue weighted by Crippen LogP contribution is 2.57. The van der Waals surface area contributed by atoms with E-state index in [4.69, 9.17) is 0 Å². The van der Waals surface area contributed by atoms with Crippen LogP contribution in [0.25, 0.3) is 115 Å². The molecule has 0 fully saturated rings. The van der Waals surface area contributed by atoms with Gasteiger partial charge in [-0.25, -0.2) is 0 Å². The quantitative estimate of drug-likeness (QED) is 0.175. The van der Waals surface area contributed by atoms with Crippen LogP contribution in [0, 0.1) is 0 Å². The van der Waals surface area contributed by atoms with Gasteiger partial charge in [0, 0.05) is 59.8 Å². The number of benzene rings is 9. The van der Waals surface area contributed by atoms with Crippen molar-refractivity contribution in [2.24, 2.45) is 0 Å². The van der Waals surface area contributed by atoms with E-state index >= 15 is 0 Å². The molecule has 1 aliphatic carbocycles. The lowest BCUT2D eigenvalue weighted by molar-refractivity contribution is 0.663. The second-order valence-electron chi connectivity index (χ2n) is 17.1. The molecular weight excluding hydrogens is 699 g/mol. The van der Waals surface area contributed by atoms with E-state index in [0.717, 1.165) is 0 Å². The third-order valence-corrected chi connectivity index (χ3v) is 13.8. The molecule has 0 bridgehead atoms. The first-order chi connectivity index (χ1) is 28.5. The molecule has 0 atom stereocenters. The topological polar surface area (TPSA) is 20.2 Å². The molecule has 3 heteroatoms. The highest BCUT2D eigenvalue weighted by molar-refractivity contribution is 6.75. The highest BCUT2D eigenvalue weighted by Gasteiger charge is 2.43. The van der Waals surface area contributed by atoms with Gasteiger partial charge < -0.3 is 9.38 Å². The molecule has 267 valence electrons. The van der Waals surface area contributed by atoms with Crippen LogP contribution in [-0.2, 0) is 5.41 Å². The monoisotopic (exact) mass is 733 g/mol. The fourth-order valence-corrected chi connectivity index (χ4v) is 11.3. The standard InChI is InChI=1S/C55H34BN2/c1-55(2)43-23-12-11-20-37(43)46-47-42-27-34(30-14-5-3-6-15-30)25-40-41-26-35(31-16-7-4-8-17-31)28-44-53(41)58(52(40)42)54(47)50(56-44)48(49(46)55)38-22-13-21-36-39-24-32-18-9-10-19-33(32)29-45(39)57-51(36)38/h3-29,57H,1-2H3. The molecule has 12 aromatic rings. The summed E-state index contributed by atoms with van der Waals surface area (Å²) >= 11 is 0. The van der Waals surface area contributed by atoms with Gasteiger partial charge in [0.25, 0.3) is 0 Å². The van der Waals surface area contributed by atoms with Crippen LogP contribution in [0.5, 0.6) is 0 Å². The van der Waals surface area contributed by atoms with Gasteiger partial charge in [0.2, 0.25) is 0 Å². The molecule has 3 aromatic heterocycles. The first-order valence-electron chi connectivity index (χ1n) is 20.4. The molecule has 9 aromatic carbocycles. The van der Waals surface area contributed by atoms with Crippen LogP contribution in [0.1, 0.15) is 25.0 Å².